The number of oxazole rings is 1. The van der Waals surface area contributed by atoms with Crippen molar-refractivity contribution in [1.29, 1.82) is 0 Å². The summed E-state index contributed by atoms with van der Waals surface area (Å²) in [7, 11) is 3.97. The average Bonchev–Trinajstić information content (AvgIpc) is 3.33. The summed E-state index contributed by atoms with van der Waals surface area (Å²) in [6.45, 7) is 0. The third-order valence-corrected chi connectivity index (χ3v) is 4.76. The first-order valence-corrected chi connectivity index (χ1v) is 8.90. The van der Waals surface area contributed by atoms with Crippen molar-refractivity contribution < 1.29 is 9.21 Å². The van der Waals surface area contributed by atoms with Crippen LogP contribution in [0.25, 0.3) is 10.9 Å². The number of benzene rings is 2. The minimum atomic E-state index is -0.164. The van der Waals surface area contributed by atoms with Gasteiger partial charge in [-0.15, -0.1) is 0 Å². The fourth-order valence-electron chi connectivity index (χ4n) is 3.27. The molecule has 5 heteroatoms. The monoisotopic (exact) mass is 359 g/mol. The number of carbonyl (C=O) groups is 1. The van der Waals surface area contributed by atoms with Crippen LogP contribution in [-0.4, -0.2) is 34.7 Å². The molecular weight excluding hydrogens is 338 g/mol. The summed E-state index contributed by atoms with van der Waals surface area (Å²) >= 11 is 0. The summed E-state index contributed by atoms with van der Waals surface area (Å²) in [5, 5.41) is 0.883. The number of likely N-dealkylation sites (N-methyl/N-ethyl adjacent to an activating group) is 1. The lowest BCUT2D eigenvalue weighted by Gasteiger charge is -2.21. The maximum atomic E-state index is 12.9. The topological polar surface area (TPSA) is 62.1 Å². The number of ketones is 1. The second-order valence-corrected chi connectivity index (χ2v) is 6.81. The molecule has 2 aromatic carbocycles. The van der Waals surface area contributed by atoms with Gasteiger partial charge in [-0.1, -0.05) is 48.5 Å². The molecule has 0 amide bonds. The van der Waals surface area contributed by atoms with E-state index in [0.717, 1.165) is 17.3 Å². The molecule has 0 saturated heterocycles. The molecule has 5 nitrogen and oxygen atoms in total. The van der Waals surface area contributed by atoms with Gasteiger partial charge in [-0.05, 0) is 32.1 Å². The van der Waals surface area contributed by atoms with Crippen molar-refractivity contribution in [3.63, 3.8) is 0 Å². The zero-order valence-corrected chi connectivity index (χ0v) is 15.3. The molecule has 4 aromatic rings. The highest BCUT2D eigenvalue weighted by Crippen LogP contribution is 2.25. The van der Waals surface area contributed by atoms with Gasteiger partial charge in [-0.25, -0.2) is 4.98 Å². The van der Waals surface area contributed by atoms with E-state index in [0.29, 0.717) is 11.5 Å². The van der Waals surface area contributed by atoms with Crippen LogP contribution < -0.4 is 0 Å². The molecule has 1 atom stereocenters. The molecule has 0 aliphatic heterocycles. The number of para-hydroxylation sites is 1. The van der Waals surface area contributed by atoms with Gasteiger partial charge in [0.1, 0.15) is 0 Å². The molecule has 0 radical (unpaired) electrons. The van der Waals surface area contributed by atoms with E-state index in [2.05, 4.69) is 27.0 Å². The maximum Gasteiger partial charge on any atom is 0.232 e. The lowest BCUT2D eigenvalue weighted by atomic mass is 10.1. The Bertz CT molecular complexity index is 1060. The van der Waals surface area contributed by atoms with E-state index in [1.165, 1.54) is 11.8 Å². The Morgan fingerprint density at radius 1 is 1.11 bits per heavy atom. The van der Waals surface area contributed by atoms with Gasteiger partial charge in [-0.2, -0.15) is 0 Å². The summed E-state index contributed by atoms with van der Waals surface area (Å²) in [5.74, 6) is 0.644. The number of nitrogens with zero attached hydrogens (tertiary/aromatic N) is 2. The first kappa shape index (κ1) is 17.2. The normalized spacial score (nSPS) is 12.6. The number of nitrogens with one attached hydrogen (secondary N) is 1. The Balaban J connectivity index is 1.62. The van der Waals surface area contributed by atoms with Crippen molar-refractivity contribution in [2.45, 2.75) is 12.5 Å². The quantitative estimate of drug-likeness (QED) is 0.523. The van der Waals surface area contributed by atoms with Crippen LogP contribution in [0.5, 0.6) is 0 Å². The highest BCUT2D eigenvalue weighted by atomic mass is 16.4. The number of carbonyl (C=O) groups excluding carboxylic acids is 1. The predicted octanol–water partition coefficient (Wildman–Crippen LogP) is 4.23. The summed E-state index contributed by atoms with van der Waals surface area (Å²) in [5.41, 5.74) is 2.72. The smallest absolute Gasteiger partial charge is 0.232 e. The lowest BCUT2D eigenvalue weighted by Crippen LogP contribution is -2.22. The molecule has 1 N–H and O–H groups in total. The first-order chi connectivity index (χ1) is 13.1. The number of hydrogen-bond acceptors (Lipinski definition) is 4. The van der Waals surface area contributed by atoms with Gasteiger partial charge in [0.05, 0.1) is 17.8 Å². The van der Waals surface area contributed by atoms with E-state index in [1.54, 1.807) is 6.20 Å². The second-order valence-electron chi connectivity index (χ2n) is 6.81. The fraction of sp³-hybridized carbons (Fsp3) is 0.182. The molecule has 0 unspecified atom stereocenters. The molecular formula is C22H21N3O2. The highest BCUT2D eigenvalue weighted by molar-refractivity contribution is 6.14. The van der Waals surface area contributed by atoms with Crippen LogP contribution in [-0.2, 0) is 6.42 Å². The molecule has 0 fully saturated rings. The van der Waals surface area contributed by atoms with Crippen molar-refractivity contribution in [1.82, 2.24) is 14.9 Å². The van der Waals surface area contributed by atoms with Crippen LogP contribution in [0.15, 0.2) is 71.4 Å². The van der Waals surface area contributed by atoms with Gasteiger partial charge >= 0.3 is 0 Å². The predicted molar refractivity (Wildman–Crippen MR) is 105 cm³/mol. The van der Waals surface area contributed by atoms with Crippen LogP contribution >= 0.6 is 0 Å². The third kappa shape index (κ3) is 3.41. The zero-order chi connectivity index (χ0) is 18.8. The largest absolute Gasteiger partial charge is 0.435 e. The minimum absolute atomic E-state index is 0.0445. The maximum absolute atomic E-state index is 12.9. The number of aromatic nitrogens is 2. The van der Waals surface area contributed by atoms with Crippen molar-refractivity contribution in [2.24, 2.45) is 0 Å². The molecule has 136 valence electrons. The molecule has 0 spiro atoms. The second kappa shape index (κ2) is 7.21. The molecule has 2 aromatic heterocycles. The van der Waals surface area contributed by atoms with E-state index < -0.39 is 0 Å². The van der Waals surface area contributed by atoms with Crippen molar-refractivity contribution >= 4 is 16.7 Å². The molecule has 0 aliphatic carbocycles. The SMILES string of the molecule is CN(C)[C@@H](Cc1ccccc1)c1ncc(C(=O)c2c[nH]c3ccccc23)o1. The number of hydrogen-bond donors (Lipinski definition) is 1. The third-order valence-electron chi connectivity index (χ3n) is 4.76. The van der Waals surface area contributed by atoms with Gasteiger partial charge < -0.3 is 9.40 Å². The van der Waals surface area contributed by atoms with Crippen molar-refractivity contribution in [2.75, 3.05) is 14.1 Å². The summed E-state index contributed by atoms with van der Waals surface area (Å²) < 4.78 is 5.90. The Labute approximate surface area is 157 Å². The lowest BCUT2D eigenvalue weighted by molar-refractivity contribution is 0.100. The van der Waals surface area contributed by atoms with Crippen LogP contribution in [0.4, 0.5) is 0 Å². The van der Waals surface area contributed by atoms with Gasteiger partial charge in [0.15, 0.2) is 5.76 Å². The summed E-state index contributed by atoms with van der Waals surface area (Å²) in [6.07, 6.45) is 4.01. The minimum Gasteiger partial charge on any atom is -0.435 e. The molecule has 0 bridgehead atoms. The van der Waals surface area contributed by atoms with Crippen LogP contribution in [0.2, 0.25) is 0 Å². The Morgan fingerprint density at radius 3 is 2.63 bits per heavy atom. The zero-order valence-electron chi connectivity index (χ0n) is 15.3. The van der Waals surface area contributed by atoms with Crippen LogP contribution in [0.1, 0.15) is 33.6 Å². The van der Waals surface area contributed by atoms with Gasteiger partial charge in [0.25, 0.3) is 0 Å². The Morgan fingerprint density at radius 2 is 1.85 bits per heavy atom. The van der Waals surface area contributed by atoms with E-state index in [-0.39, 0.29) is 17.6 Å². The van der Waals surface area contributed by atoms with Crippen molar-refractivity contribution in [3.05, 3.63) is 89.8 Å². The first-order valence-electron chi connectivity index (χ1n) is 8.90. The molecule has 2 heterocycles. The van der Waals surface area contributed by atoms with Gasteiger partial charge in [0.2, 0.25) is 11.7 Å². The molecule has 4 rings (SSSR count). The van der Waals surface area contributed by atoms with E-state index in [1.807, 2.05) is 56.6 Å². The number of aromatic amines is 1. The van der Waals surface area contributed by atoms with Crippen LogP contribution in [0.3, 0.4) is 0 Å². The number of fused-ring (bicyclic) bond motifs is 1. The number of rotatable bonds is 6. The highest BCUT2D eigenvalue weighted by Gasteiger charge is 2.24. The average molecular weight is 359 g/mol. The Kier molecular flexibility index (Phi) is 4.60. The molecule has 0 aliphatic rings. The van der Waals surface area contributed by atoms with Gasteiger partial charge in [0, 0.05) is 17.1 Å². The van der Waals surface area contributed by atoms with Crippen molar-refractivity contribution in [3.8, 4) is 0 Å². The van der Waals surface area contributed by atoms with E-state index in [9.17, 15) is 4.79 Å². The molecule has 0 saturated carbocycles. The van der Waals surface area contributed by atoms with Gasteiger partial charge in [-0.3, -0.25) is 9.69 Å². The summed E-state index contributed by atoms with van der Waals surface area (Å²) in [6, 6.07) is 17.9. The number of H-pyrrole nitrogens is 1. The van der Waals surface area contributed by atoms with Crippen LogP contribution in [0, 0.1) is 0 Å². The summed E-state index contributed by atoms with van der Waals surface area (Å²) in [4.78, 5) is 22.5. The standard InChI is InChI=1S/C22H21N3O2/c1-25(2)19(12-15-8-4-3-5-9-15)22-24-14-20(27-22)21(26)17-13-23-18-11-7-6-10-16(17)18/h3-11,13-14,19,23H,12H2,1-2H3/t19-/m0/s1. The Hall–Kier alpha value is -3.18. The molecule has 27 heavy (non-hydrogen) atoms. The van der Waals surface area contributed by atoms with E-state index in [4.69, 9.17) is 4.42 Å². The fourth-order valence-corrected chi connectivity index (χ4v) is 3.27. The van der Waals surface area contributed by atoms with E-state index >= 15 is 0 Å².